The third-order valence-electron chi connectivity index (χ3n) is 3.70. The van der Waals surface area contributed by atoms with Gasteiger partial charge in [0.1, 0.15) is 11.5 Å². The Morgan fingerprint density at radius 1 is 0.833 bits per heavy atom. The van der Waals surface area contributed by atoms with Gasteiger partial charge in [-0.3, -0.25) is 4.99 Å². The number of hydrogen-bond donors (Lipinski definition) is 0. The molecule has 0 saturated heterocycles. The summed E-state index contributed by atoms with van der Waals surface area (Å²) >= 11 is 0. The van der Waals surface area contributed by atoms with Crippen molar-refractivity contribution in [3.8, 4) is 0 Å². The fourth-order valence-electron chi connectivity index (χ4n) is 2.53. The summed E-state index contributed by atoms with van der Waals surface area (Å²) in [7, 11) is 0. The average molecular weight is 315 g/mol. The van der Waals surface area contributed by atoms with Crippen LogP contribution in [0.3, 0.4) is 0 Å². The summed E-state index contributed by atoms with van der Waals surface area (Å²) in [6.07, 6.45) is 5.82. The Balaban J connectivity index is 1.62. The monoisotopic (exact) mass is 315 g/mol. The summed E-state index contributed by atoms with van der Waals surface area (Å²) in [6, 6.07) is 20.6. The molecule has 0 unspecified atom stereocenters. The predicted molar refractivity (Wildman–Crippen MR) is 101 cm³/mol. The second-order valence-electron chi connectivity index (χ2n) is 5.95. The smallest absolute Gasteiger partial charge is 0.145 e. The Labute approximate surface area is 143 Å². The van der Waals surface area contributed by atoms with Crippen molar-refractivity contribution < 1.29 is 4.42 Å². The van der Waals surface area contributed by atoms with Gasteiger partial charge in [-0.2, -0.15) is 0 Å². The molecule has 1 heterocycles. The van der Waals surface area contributed by atoms with Crippen LogP contribution in [0.15, 0.2) is 70.1 Å². The lowest BCUT2D eigenvalue weighted by Gasteiger charge is -1.97. The van der Waals surface area contributed by atoms with Gasteiger partial charge in [0.15, 0.2) is 0 Å². The van der Waals surface area contributed by atoms with Crippen molar-refractivity contribution in [2.24, 2.45) is 4.99 Å². The van der Waals surface area contributed by atoms with Gasteiger partial charge >= 0.3 is 0 Å². The Bertz CT molecular complexity index is 871. The fraction of sp³-hybridized carbons (Fsp3) is 0.136. The first kappa shape index (κ1) is 16.0. The van der Waals surface area contributed by atoms with E-state index in [9.17, 15) is 0 Å². The van der Waals surface area contributed by atoms with Crippen LogP contribution in [-0.2, 0) is 6.54 Å². The minimum absolute atomic E-state index is 0.664. The van der Waals surface area contributed by atoms with Crippen LogP contribution in [0.4, 0.5) is 0 Å². The molecule has 0 saturated carbocycles. The lowest BCUT2D eigenvalue weighted by molar-refractivity contribution is 0.550. The molecule has 0 spiro atoms. The Morgan fingerprint density at radius 2 is 1.58 bits per heavy atom. The van der Waals surface area contributed by atoms with E-state index in [-0.39, 0.29) is 0 Å². The molecule has 0 bridgehead atoms. The van der Waals surface area contributed by atoms with Gasteiger partial charge < -0.3 is 4.42 Å². The number of nitrogens with zero attached hydrogens (tertiary/aromatic N) is 1. The Hall–Kier alpha value is -2.87. The third-order valence-corrected chi connectivity index (χ3v) is 3.70. The largest absolute Gasteiger partial charge is 0.456 e. The SMILES string of the molecule is Cc1cccc(C=Cc2ccc(C=NCc3cccc(C)c3)o2)c1. The van der Waals surface area contributed by atoms with Gasteiger partial charge in [0, 0.05) is 0 Å². The van der Waals surface area contributed by atoms with Crippen LogP contribution >= 0.6 is 0 Å². The molecule has 0 aliphatic heterocycles. The van der Waals surface area contributed by atoms with Crippen LogP contribution in [0, 0.1) is 13.8 Å². The molecule has 2 heteroatoms. The molecule has 24 heavy (non-hydrogen) atoms. The number of furan rings is 1. The first-order chi connectivity index (χ1) is 11.7. The second-order valence-corrected chi connectivity index (χ2v) is 5.95. The van der Waals surface area contributed by atoms with E-state index in [1.807, 2.05) is 18.2 Å². The molecule has 3 aromatic rings. The molecule has 120 valence electrons. The van der Waals surface area contributed by atoms with Gasteiger partial charge in [0.25, 0.3) is 0 Å². The van der Waals surface area contributed by atoms with Gasteiger partial charge in [-0.25, -0.2) is 0 Å². The van der Waals surface area contributed by atoms with Gasteiger partial charge in [0.2, 0.25) is 0 Å². The molecule has 2 nitrogen and oxygen atoms in total. The minimum Gasteiger partial charge on any atom is -0.456 e. The highest BCUT2D eigenvalue weighted by Crippen LogP contribution is 2.12. The minimum atomic E-state index is 0.664. The fourth-order valence-corrected chi connectivity index (χ4v) is 2.53. The molecule has 2 aromatic carbocycles. The van der Waals surface area contributed by atoms with E-state index in [1.165, 1.54) is 22.3 Å². The van der Waals surface area contributed by atoms with E-state index >= 15 is 0 Å². The maximum Gasteiger partial charge on any atom is 0.145 e. The van der Waals surface area contributed by atoms with Crippen LogP contribution in [-0.4, -0.2) is 6.21 Å². The predicted octanol–water partition coefficient (Wildman–Crippen LogP) is 5.69. The summed E-state index contributed by atoms with van der Waals surface area (Å²) in [5.41, 5.74) is 4.88. The van der Waals surface area contributed by atoms with E-state index in [0.717, 1.165) is 11.5 Å². The lowest BCUT2D eigenvalue weighted by Crippen LogP contribution is -1.84. The Morgan fingerprint density at radius 3 is 2.38 bits per heavy atom. The number of rotatable bonds is 5. The topological polar surface area (TPSA) is 25.5 Å². The zero-order valence-electron chi connectivity index (χ0n) is 14.1. The van der Waals surface area contributed by atoms with Crippen molar-refractivity contribution in [1.82, 2.24) is 0 Å². The number of aliphatic imine (C=N–C) groups is 1. The maximum atomic E-state index is 5.76. The summed E-state index contributed by atoms with van der Waals surface area (Å²) in [6.45, 7) is 4.84. The Kier molecular flexibility index (Phi) is 5.07. The molecule has 0 aliphatic carbocycles. The molecule has 0 amide bonds. The third kappa shape index (κ3) is 4.56. The van der Waals surface area contributed by atoms with Crippen LogP contribution in [0.1, 0.15) is 33.8 Å². The van der Waals surface area contributed by atoms with E-state index in [0.29, 0.717) is 6.54 Å². The number of aryl methyl sites for hydroxylation is 2. The second kappa shape index (κ2) is 7.60. The van der Waals surface area contributed by atoms with Gasteiger partial charge in [0.05, 0.1) is 12.8 Å². The number of benzene rings is 2. The van der Waals surface area contributed by atoms with E-state index in [2.05, 4.69) is 73.4 Å². The van der Waals surface area contributed by atoms with Gasteiger partial charge in [-0.15, -0.1) is 0 Å². The zero-order valence-corrected chi connectivity index (χ0v) is 14.1. The van der Waals surface area contributed by atoms with Gasteiger partial charge in [-0.05, 0) is 43.2 Å². The van der Waals surface area contributed by atoms with E-state index in [1.54, 1.807) is 6.21 Å². The summed E-state index contributed by atoms with van der Waals surface area (Å²) in [5, 5.41) is 0. The summed E-state index contributed by atoms with van der Waals surface area (Å²) in [4.78, 5) is 4.45. The molecular formula is C22H21NO. The normalized spacial score (nSPS) is 11.6. The molecule has 3 rings (SSSR count). The molecule has 0 N–H and O–H groups in total. The summed E-state index contributed by atoms with van der Waals surface area (Å²) in [5.74, 6) is 1.60. The van der Waals surface area contributed by atoms with E-state index in [4.69, 9.17) is 4.42 Å². The molecule has 0 atom stereocenters. The van der Waals surface area contributed by atoms with Crippen LogP contribution in [0.2, 0.25) is 0 Å². The van der Waals surface area contributed by atoms with Crippen LogP contribution < -0.4 is 0 Å². The molecule has 1 aromatic heterocycles. The van der Waals surface area contributed by atoms with Crippen molar-refractivity contribution in [2.75, 3.05) is 0 Å². The molecule has 0 aliphatic rings. The zero-order chi connectivity index (χ0) is 16.8. The quantitative estimate of drug-likeness (QED) is 0.556. The first-order valence-corrected chi connectivity index (χ1v) is 8.09. The van der Waals surface area contributed by atoms with Crippen molar-refractivity contribution >= 4 is 18.4 Å². The highest BCUT2D eigenvalue weighted by atomic mass is 16.3. The first-order valence-electron chi connectivity index (χ1n) is 8.09. The summed E-state index contributed by atoms with van der Waals surface area (Å²) < 4.78 is 5.76. The van der Waals surface area contributed by atoms with Crippen molar-refractivity contribution in [3.63, 3.8) is 0 Å². The molecule has 0 radical (unpaired) electrons. The van der Waals surface area contributed by atoms with Crippen molar-refractivity contribution in [3.05, 3.63) is 94.4 Å². The van der Waals surface area contributed by atoms with E-state index < -0.39 is 0 Å². The lowest BCUT2D eigenvalue weighted by atomic mass is 10.1. The van der Waals surface area contributed by atoms with Crippen LogP contribution in [0.5, 0.6) is 0 Å². The standard InChI is InChI=1S/C22H21NO/c1-17-5-3-7-19(13-17)9-10-21-11-12-22(24-21)16-23-15-20-8-4-6-18(2)14-20/h3-14,16H,15H2,1-2H3. The molecular weight excluding hydrogens is 294 g/mol. The van der Waals surface area contributed by atoms with Crippen molar-refractivity contribution in [1.29, 1.82) is 0 Å². The highest BCUT2D eigenvalue weighted by molar-refractivity contribution is 5.77. The number of hydrogen-bond acceptors (Lipinski definition) is 2. The van der Waals surface area contributed by atoms with Crippen molar-refractivity contribution in [2.45, 2.75) is 20.4 Å². The molecule has 0 fully saturated rings. The van der Waals surface area contributed by atoms with Crippen LogP contribution in [0.25, 0.3) is 12.2 Å². The van der Waals surface area contributed by atoms with Gasteiger partial charge in [-0.1, -0.05) is 65.7 Å². The maximum absolute atomic E-state index is 5.76. The highest BCUT2D eigenvalue weighted by Gasteiger charge is 1.97. The average Bonchev–Trinajstić information content (AvgIpc) is 3.01.